The minimum absolute atomic E-state index is 0.0858. The zero-order valence-corrected chi connectivity index (χ0v) is 24.3. The molecule has 1 aliphatic carbocycles. The van der Waals surface area contributed by atoms with Crippen LogP contribution in [-0.4, -0.2) is 23.3 Å². The van der Waals surface area contributed by atoms with Gasteiger partial charge < -0.3 is 19.3 Å². The normalized spacial score (nSPS) is 11.6. The molecule has 220 valence electrons. The molecule has 7 nitrogen and oxygen atoms in total. The molecule has 4 rings (SSSR count). The smallest absolute Gasteiger partial charge is 0.350 e. The summed E-state index contributed by atoms with van der Waals surface area (Å²) in [6.45, 7) is 6.67. The summed E-state index contributed by atoms with van der Waals surface area (Å²) < 4.78 is 15.9. The van der Waals surface area contributed by atoms with Crippen molar-refractivity contribution in [2.24, 2.45) is 4.99 Å². The van der Waals surface area contributed by atoms with Gasteiger partial charge in [0.05, 0.1) is 11.3 Å². The number of hydrogen-bond donors (Lipinski definition) is 1. The molecule has 0 aromatic heterocycles. The minimum atomic E-state index is -0.785. The minimum Gasteiger partial charge on any atom is -0.507 e. The molecule has 1 fully saturated rings. The van der Waals surface area contributed by atoms with Crippen LogP contribution < -0.4 is 9.47 Å². The number of hydrogen-bond acceptors (Lipinski definition) is 7. The fourth-order valence-corrected chi connectivity index (χ4v) is 4.32. The van der Waals surface area contributed by atoms with Gasteiger partial charge in [0.15, 0.2) is 0 Å². The Bertz CT molecular complexity index is 1930. The first-order valence-electron chi connectivity index (χ1n) is 13.9. The Balaban J connectivity index is 1.40. The first-order valence-corrected chi connectivity index (χ1v) is 13.9. The van der Waals surface area contributed by atoms with Crippen LogP contribution in [0.3, 0.4) is 0 Å². The van der Waals surface area contributed by atoms with E-state index in [4.69, 9.17) is 14.2 Å². The summed E-state index contributed by atoms with van der Waals surface area (Å²) in [4.78, 5) is 28.8. The summed E-state index contributed by atoms with van der Waals surface area (Å²) in [5.41, 5.74) is 22.3. The second-order valence-electron chi connectivity index (χ2n) is 9.53. The average molecular weight is 594 g/mol. The fourth-order valence-electron chi connectivity index (χ4n) is 4.32. The number of nitrogens with zero attached hydrogens (tertiary/aromatic N) is 1. The molecular weight excluding hydrogens is 566 g/mol. The SMILES string of the molecule is C=C=C=C=C=C=C=C=C=C(OC(=O)C=C)Oc1ccc(C(=O)Oc2ccc(C=Nc3ccc(C4CCCC4)cc3)c(O)c2)cc1. The van der Waals surface area contributed by atoms with E-state index in [9.17, 15) is 14.7 Å². The topological polar surface area (TPSA) is 94.4 Å². The van der Waals surface area contributed by atoms with E-state index >= 15 is 0 Å². The summed E-state index contributed by atoms with van der Waals surface area (Å²) in [6.07, 6.45) is 7.55. The molecule has 0 spiro atoms. The fraction of sp³-hybridized carbons (Fsp3) is 0.132. The molecule has 0 aliphatic heterocycles. The lowest BCUT2D eigenvalue weighted by molar-refractivity contribution is -0.136. The number of esters is 2. The van der Waals surface area contributed by atoms with Gasteiger partial charge in [0.2, 0.25) is 0 Å². The van der Waals surface area contributed by atoms with Gasteiger partial charge >= 0.3 is 17.9 Å². The molecule has 1 saturated carbocycles. The monoisotopic (exact) mass is 593 g/mol. The Labute approximate surface area is 260 Å². The number of aliphatic imine (C=N–C) groups is 1. The molecule has 45 heavy (non-hydrogen) atoms. The number of ether oxygens (including phenoxy) is 3. The Hall–Kier alpha value is -6.41. The zero-order chi connectivity index (χ0) is 31.9. The van der Waals surface area contributed by atoms with Crippen molar-refractivity contribution in [1.29, 1.82) is 0 Å². The highest BCUT2D eigenvalue weighted by Crippen LogP contribution is 2.34. The maximum atomic E-state index is 12.7. The summed E-state index contributed by atoms with van der Waals surface area (Å²) in [5.74, 6) is -0.870. The van der Waals surface area contributed by atoms with Crippen LogP contribution >= 0.6 is 0 Å². The van der Waals surface area contributed by atoms with E-state index in [1.54, 1.807) is 18.3 Å². The number of phenols is 1. The molecule has 0 bridgehead atoms. The Kier molecular flexibility index (Phi) is 11.4. The molecule has 3 aromatic rings. The van der Waals surface area contributed by atoms with Crippen molar-refractivity contribution in [2.45, 2.75) is 31.6 Å². The van der Waals surface area contributed by atoms with Crippen molar-refractivity contribution < 1.29 is 28.9 Å². The first-order chi connectivity index (χ1) is 21.9. The highest BCUT2D eigenvalue weighted by molar-refractivity contribution is 5.91. The summed E-state index contributed by atoms with van der Waals surface area (Å²) in [6, 6.07) is 18.5. The second kappa shape index (κ2) is 16.3. The first kappa shape index (κ1) is 31.5. The Morgan fingerprint density at radius 3 is 2.18 bits per heavy atom. The molecule has 1 N–H and O–H groups in total. The molecule has 0 atom stereocenters. The number of phenolic OH excluding ortho intramolecular Hbond substituents is 1. The maximum absolute atomic E-state index is 12.7. The molecule has 1 aliphatic rings. The van der Waals surface area contributed by atoms with Crippen LogP contribution in [0, 0.1) is 0 Å². The van der Waals surface area contributed by atoms with Crippen molar-refractivity contribution >= 4 is 23.8 Å². The van der Waals surface area contributed by atoms with Gasteiger partial charge in [-0.05, 0) is 114 Å². The van der Waals surface area contributed by atoms with Crippen molar-refractivity contribution in [3.63, 3.8) is 0 Å². The molecule has 0 radical (unpaired) electrons. The van der Waals surface area contributed by atoms with Gasteiger partial charge in [0, 0.05) is 29.7 Å². The van der Waals surface area contributed by atoms with Gasteiger partial charge in [-0.15, -0.1) is 0 Å². The van der Waals surface area contributed by atoms with Crippen LogP contribution in [0.15, 0.2) is 143 Å². The van der Waals surface area contributed by atoms with Crippen molar-refractivity contribution in [1.82, 2.24) is 0 Å². The van der Waals surface area contributed by atoms with Gasteiger partial charge in [-0.25, -0.2) is 9.59 Å². The van der Waals surface area contributed by atoms with Gasteiger partial charge in [-0.3, -0.25) is 4.99 Å². The number of benzene rings is 3. The van der Waals surface area contributed by atoms with Gasteiger partial charge in [-0.1, -0.05) is 37.3 Å². The molecule has 3 aromatic carbocycles. The van der Waals surface area contributed by atoms with E-state index in [1.807, 2.05) is 12.1 Å². The van der Waals surface area contributed by atoms with Crippen LogP contribution in [0.1, 0.15) is 53.1 Å². The Morgan fingerprint density at radius 1 is 0.844 bits per heavy atom. The predicted octanol–water partition coefficient (Wildman–Crippen LogP) is 7.84. The van der Waals surface area contributed by atoms with E-state index in [2.05, 4.69) is 76.1 Å². The van der Waals surface area contributed by atoms with Crippen molar-refractivity contribution in [2.75, 3.05) is 0 Å². The number of rotatable bonds is 9. The van der Waals surface area contributed by atoms with Crippen molar-refractivity contribution in [3.8, 4) is 17.2 Å². The van der Waals surface area contributed by atoms with Crippen molar-refractivity contribution in [3.05, 3.63) is 154 Å². The number of carbonyl (C=O) groups excluding carboxylic acids is 2. The third-order valence-electron chi connectivity index (χ3n) is 6.51. The van der Waals surface area contributed by atoms with Crippen LogP contribution in [-0.2, 0) is 9.53 Å². The Morgan fingerprint density at radius 2 is 1.51 bits per heavy atom. The summed E-state index contributed by atoms with van der Waals surface area (Å²) in [7, 11) is 0. The maximum Gasteiger partial charge on any atom is 0.350 e. The standard InChI is InChI=1S/C38H27NO6/c1-3-5-6-7-8-9-10-15-37(45-36(41)4-2)43-33-23-18-30(19-24-33)38(42)44-34-25-20-31(35(40)26-34)27-39-32-21-16-29(17-22-32)28-13-11-12-14-28/h4,16-28,40H,1-2,11-14H2. The largest absolute Gasteiger partial charge is 0.507 e. The quantitative estimate of drug-likeness (QED) is 0.0678. The van der Waals surface area contributed by atoms with E-state index in [0.29, 0.717) is 11.5 Å². The van der Waals surface area contributed by atoms with Gasteiger partial charge in [-0.2, -0.15) is 0 Å². The van der Waals surface area contributed by atoms with Crippen LogP contribution in [0.5, 0.6) is 17.2 Å². The predicted molar refractivity (Wildman–Crippen MR) is 169 cm³/mol. The molecule has 0 saturated heterocycles. The summed E-state index contributed by atoms with van der Waals surface area (Å²) in [5, 5.41) is 10.5. The van der Waals surface area contributed by atoms with E-state index in [1.165, 1.54) is 61.6 Å². The third kappa shape index (κ3) is 9.83. The highest BCUT2D eigenvalue weighted by Gasteiger charge is 2.16. The second-order valence-corrected chi connectivity index (χ2v) is 9.53. The molecular formula is C38H27NO6. The lowest BCUT2D eigenvalue weighted by Gasteiger charge is -2.09. The van der Waals surface area contributed by atoms with Gasteiger partial charge in [0.1, 0.15) is 17.2 Å². The number of carbonyl (C=O) groups is 2. The third-order valence-corrected chi connectivity index (χ3v) is 6.51. The van der Waals surface area contributed by atoms with Crippen LogP contribution in [0.2, 0.25) is 0 Å². The highest BCUT2D eigenvalue weighted by atomic mass is 16.7. The number of aromatic hydroxyl groups is 1. The molecule has 7 heteroatoms. The lowest BCUT2D eigenvalue weighted by atomic mass is 9.98. The van der Waals surface area contributed by atoms with Crippen LogP contribution in [0.4, 0.5) is 5.69 Å². The van der Waals surface area contributed by atoms with E-state index in [0.717, 1.165) is 11.8 Å². The molecule has 0 heterocycles. The molecule has 0 unspecified atom stereocenters. The molecule has 0 amide bonds. The van der Waals surface area contributed by atoms with E-state index < -0.39 is 11.9 Å². The lowest BCUT2D eigenvalue weighted by Crippen LogP contribution is -2.09. The zero-order valence-electron chi connectivity index (χ0n) is 24.3. The van der Waals surface area contributed by atoms with Gasteiger partial charge in [0.25, 0.3) is 0 Å². The van der Waals surface area contributed by atoms with E-state index in [-0.39, 0.29) is 28.8 Å². The van der Waals surface area contributed by atoms with Crippen LogP contribution in [0.25, 0.3) is 0 Å². The summed E-state index contributed by atoms with van der Waals surface area (Å²) >= 11 is 0. The average Bonchev–Trinajstić information content (AvgIpc) is 3.60.